The van der Waals surface area contributed by atoms with E-state index >= 15 is 0 Å². The van der Waals surface area contributed by atoms with E-state index in [-0.39, 0.29) is 6.10 Å². The van der Waals surface area contributed by atoms with Crippen molar-refractivity contribution in [2.75, 3.05) is 0 Å². The first kappa shape index (κ1) is 15.2. The number of aromatic nitrogens is 2. The number of aryl methyl sites for hydroxylation is 1. The van der Waals surface area contributed by atoms with Crippen molar-refractivity contribution in [3.05, 3.63) is 28.6 Å². The second kappa shape index (κ2) is 4.75. The third-order valence-electron chi connectivity index (χ3n) is 8.47. The van der Waals surface area contributed by atoms with Crippen LogP contribution in [0.4, 0.5) is 0 Å². The molecule has 6 atom stereocenters. The van der Waals surface area contributed by atoms with Crippen LogP contribution in [-0.2, 0) is 11.8 Å². The van der Waals surface area contributed by atoms with Crippen LogP contribution in [0.5, 0.6) is 0 Å². The summed E-state index contributed by atoms with van der Waals surface area (Å²) in [5.41, 5.74) is 6.42. The van der Waals surface area contributed by atoms with E-state index in [1.165, 1.54) is 43.5 Å². The molecule has 0 unspecified atom stereocenters. The fourth-order valence-electron chi connectivity index (χ4n) is 7.24. The molecule has 0 saturated heterocycles. The molecule has 130 valence electrons. The predicted molar refractivity (Wildman–Crippen MR) is 94.7 cm³/mol. The van der Waals surface area contributed by atoms with E-state index in [1.807, 2.05) is 0 Å². The van der Waals surface area contributed by atoms with Crippen molar-refractivity contribution >= 4 is 0 Å². The molecule has 0 aromatic carbocycles. The van der Waals surface area contributed by atoms with Gasteiger partial charge in [0.2, 0.25) is 0 Å². The van der Waals surface area contributed by atoms with Crippen molar-refractivity contribution in [1.29, 1.82) is 0 Å². The summed E-state index contributed by atoms with van der Waals surface area (Å²) < 4.78 is 0. The molecule has 0 amide bonds. The van der Waals surface area contributed by atoms with Crippen LogP contribution in [0.15, 0.2) is 11.6 Å². The normalized spacial score (nSPS) is 46.6. The fraction of sp³-hybridized carbons (Fsp3) is 0.762. The number of rotatable bonds is 0. The molecular formula is C21H30N2O. The Balaban J connectivity index is 1.54. The molecule has 0 radical (unpaired) electrons. The van der Waals surface area contributed by atoms with E-state index in [4.69, 9.17) is 0 Å². The first-order valence-corrected chi connectivity index (χ1v) is 9.85. The highest BCUT2D eigenvalue weighted by Gasteiger charge is 2.58. The van der Waals surface area contributed by atoms with Gasteiger partial charge in [-0.15, -0.1) is 0 Å². The molecule has 0 aliphatic heterocycles. The van der Waals surface area contributed by atoms with E-state index in [9.17, 15) is 5.11 Å². The molecule has 1 heterocycles. The quantitative estimate of drug-likeness (QED) is 0.707. The van der Waals surface area contributed by atoms with E-state index in [2.05, 4.69) is 37.0 Å². The van der Waals surface area contributed by atoms with Crippen molar-refractivity contribution in [3.63, 3.8) is 0 Å². The Labute approximate surface area is 144 Å². The summed E-state index contributed by atoms with van der Waals surface area (Å²) in [7, 11) is 0. The van der Waals surface area contributed by atoms with Gasteiger partial charge in [0.25, 0.3) is 0 Å². The lowest BCUT2D eigenvalue weighted by atomic mass is 9.47. The van der Waals surface area contributed by atoms with Crippen LogP contribution in [-0.4, -0.2) is 21.4 Å². The molecule has 2 fully saturated rings. The van der Waals surface area contributed by atoms with Gasteiger partial charge < -0.3 is 5.11 Å². The lowest BCUT2D eigenvalue weighted by Crippen LogP contribution is -2.51. The number of hydrogen-bond donors (Lipinski definition) is 2. The molecule has 5 rings (SSSR count). The predicted octanol–water partition coefficient (Wildman–Crippen LogP) is 4.06. The first-order valence-electron chi connectivity index (χ1n) is 9.85. The number of nitrogens with one attached hydrogen (secondary N) is 1. The Kier molecular flexibility index (Phi) is 3.01. The minimum Gasteiger partial charge on any atom is -0.393 e. The topological polar surface area (TPSA) is 48.9 Å². The number of hydrogen-bond acceptors (Lipinski definition) is 2. The molecule has 1 aromatic heterocycles. The Hall–Kier alpha value is -1.09. The largest absolute Gasteiger partial charge is 0.393 e. The van der Waals surface area contributed by atoms with Crippen LogP contribution in [0.2, 0.25) is 0 Å². The summed E-state index contributed by atoms with van der Waals surface area (Å²) in [4.78, 5) is 0. The van der Waals surface area contributed by atoms with Crippen molar-refractivity contribution in [3.8, 4) is 0 Å². The van der Waals surface area contributed by atoms with Crippen molar-refractivity contribution in [2.45, 2.75) is 77.2 Å². The van der Waals surface area contributed by atoms with Gasteiger partial charge in [-0.1, -0.05) is 25.5 Å². The average Bonchev–Trinajstić information content (AvgIpc) is 3.06. The monoisotopic (exact) mass is 326 g/mol. The average molecular weight is 326 g/mol. The maximum Gasteiger partial charge on any atom is 0.0665 e. The lowest BCUT2D eigenvalue weighted by molar-refractivity contribution is -0.0166. The zero-order chi connectivity index (χ0) is 16.7. The summed E-state index contributed by atoms with van der Waals surface area (Å²) in [5.74, 6) is 2.35. The maximum absolute atomic E-state index is 10.1. The van der Waals surface area contributed by atoms with Crippen molar-refractivity contribution < 1.29 is 5.11 Å². The number of aliphatic hydroxyl groups is 1. The Bertz CT molecular complexity index is 719. The highest BCUT2D eigenvalue weighted by Crippen LogP contribution is 2.64. The summed E-state index contributed by atoms with van der Waals surface area (Å²) in [5, 5.41) is 18.0. The minimum absolute atomic E-state index is 0.103. The zero-order valence-electron chi connectivity index (χ0n) is 15.2. The molecular weight excluding hydrogens is 296 g/mol. The smallest absolute Gasteiger partial charge is 0.0665 e. The Morgan fingerprint density at radius 1 is 1.12 bits per heavy atom. The van der Waals surface area contributed by atoms with E-state index in [0.717, 1.165) is 30.6 Å². The van der Waals surface area contributed by atoms with E-state index in [1.54, 1.807) is 11.1 Å². The van der Waals surface area contributed by atoms with Crippen molar-refractivity contribution in [1.82, 2.24) is 10.2 Å². The molecule has 2 saturated carbocycles. The molecule has 2 N–H and O–H groups in total. The minimum atomic E-state index is -0.103. The van der Waals surface area contributed by atoms with Crippen molar-refractivity contribution in [2.24, 2.45) is 23.2 Å². The molecule has 4 aliphatic rings. The molecule has 3 heteroatoms. The van der Waals surface area contributed by atoms with Gasteiger partial charge in [-0.2, -0.15) is 5.10 Å². The number of nitrogens with zero attached hydrogens (tertiary/aromatic N) is 1. The van der Waals surface area contributed by atoms with Gasteiger partial charge in [-0.25, -0.2) is 0 Å². The number of aromatic amines is 1. The third-order valence-corrected chi connectivity index (χ3v) is 8.47. The van der Waals surface area contributed by atoms with Crippen LogP contribution in [0.3, 0.4) is 0 Å². The lowest BCUT2D eigenvalue weighted by Gasteiger charge is -2.57. The number of H-pyrrole nitrogens is 1. The summed E-state index contributed by atoms with van der Waals surface area (Å²) in [6.45, 7) is 7.21. The van der Waals surface area contributed by atoms with Gasteiger partial charge in [0, 0.05) is 11.3 Å². The van der Waals surface area contributed by atoms with E-state index < -0.39 is 0 Å². The zero-order valence-corrected chi connectivity index (χ0v) is 15.2. The van der Waals surface area contributed by atoms with Gasteiger partial charge in [0.15, 0.2) is 0 Å². The molecule has 0 bridgehead atoms. The Morgan fingerprint density at radius 2 is 1.92 bits per heavy atom. The van der Waals surface area contributed by atoms with Gasteiger partial charge in [-0.05, 0) is 80.5 Å². The Morgan fingerprint density at radius 3 is 2.75 bits per heavy atom. The third kappa shape index (κ3) is 1.75. The molecule has 4 aliphatic carbocycles. The second-order valence-electron chi connectivity index (χ2n) is 9.49. The number of aliphatic hydroxyl groups excluding tert-OH is 1. The van der Waals surface area contributed by atoms with Crippen LogP contribution in [0, 0.1) is 30.1 Å². The number of fused-ring (bicyclic) bond motifs is 7. The van der Waals surface area contributed by atoms with Gasteiger partial charge in [0.1, 0.15) is 0 Å². The van der Waals surface area contributed by atoms with Gasteiger partial charge >= 0.3 is 0 Å². The SMILES string of the molecule is Cc1[nH]nc2c1[C@@]1(C)CC[C@H]3[C@@H](CC=C4C[C@H](O)CC[C@@]43C)[C@H]1C2. The summed E-state index contributed by atoms with van der Waals surface area (Å²) >= 11 is 0. The summed E-state index contributed by atoms with van der Waals surface area (Å²) in [6.07, 6.45) is 10.5. The maximum atomic E-state index is 10.1. The second-order valence-corrected chi connectivity index (χ2v) is 9.49. The molecule has 0 spiro atoms. The van der Waals surface area contributed by atoms with Crippen LogP contribution in [0.25, 0.3) is 0 Å². The van der Waals surface area contributed by atoms with Crippen LogP contribution in [0.1, 0.15) is 69.3 Å². The molecule has 1 aromatic rings. The van der Waals surface area contributed by atoms with Gasteiger partial charge in [-0.3, -0.25) is 5.10 Å². The highest BCUT2D eigenvalue weighted by molar-refractivity contribution is 5.41. The molecule has 3 nitrogen and oxygen atoms in total. The van der Waals surface area contributed by atoms with Crippen LogP contribution >= 0.6 is 0 Å². The molecule has 24 heavy (non-hydrogen) atoms. The standard InChI is InChI=1S/C21H30N2O/c1-12-19-18(23-22-12)11-17-15-5-4-13-10-14(24)6-8-20(13,2)16(15)7-9-21(17,19)3/h4,14-17,24H,5-11H2,1-3H3,(H,22,23)/t14-,15-,16+,17-,20+,21+/m1/s1. The fourth-order valence-corrected chi connectivity index (χ4v) is 7.24. The highest BCUT2D eigenvalue weighted by atomic mass is 16.3. The van der Waals surface area contributed by atoms with Gasteiger partial charge in [0.05, 0.1) is 11.8 Å². The number of allylic oxidation sites excluding steroid dienone is 1. The summed E-state index contributed by atoms with van der Waals surface area (Å²) in [6, 6.07) is 0. The first-order chi connectivity index (χ1) is 11.4. The van der Waals surface area contributed by atoms with Crippen LogP contribution < -0.4 is 0 Å². The van der Waals surface area contributed by atoms with E-state index in [0.29, 0.717) is 10.8 Å².